The molecule has 16 heterocycles. The smallest absolute Gasteiger partial charge is 0.276 e. The second-order valence-corrected chi connectivity index (χ2v) is 35.6. The van der Waals surface area contributed by atoms with Crippen LogP contribution < -0.4 is 21.7 Å². The molecule has 4 saturated heterocycles. The lowest BCUT2D eigenvalue weighted by molar-refractivity contribution is -0.112. The predicted octanol–water partition coefficient (Wildman–Crippen LogP) is 11.1. The van der Waals surface area contributed by atoms with Crippen LogP contribution in [0, 0.1) is 34.9 Å². The lowest BCUT2D eigenvalue weighted by atomic mass is 10.1. The summed E-state index contributed by atoms with van der Waals surface area (Å²) in [6, 6.07) is 18.8. The first-order valence-electron chi connectivity index (χ1n) is 40.1. The fourth-order valence-corrected chi connectivity index (χ4v) is 20.0. The van der Waals surface area contributed by atoms with E-state index in [1.54, 1.807) is 65.4 Å². The summed E-state index contributed by atoms with van der Waals surface area (Å²) in [5.41, 5.74) is 0.106. The zero-order chi connectivity index (χ0) is 88.5. The molecule has 8 atom stereocenters. The van der Waals surface area contributed by atoms with E-state index in [4.69, 9.17) is 18.9 Å². The monoisotopic (exact) mass is 1800 g/mol. The van der Waals surface area contributed by atoms with Crippen molar-refractivity contribution in [3.63, 3.8) is 0 Å². The van der Waals surface area contributed by atoms with Crippen LogP contribution in [0.5, 0.6) is 23.0 Å². The van der Waals surface area contributed by atoms with Crippen molar-refractivity contribution in [1.82, 2.24) is 68.2 Å². The highest BCUT2D eigenvalue weighted by molar-refractivity contribution is 7.15. The molecule has 30 nitrogen and oxygen atoms in total. The van der Waals surface area contributed by atoms with E-state index < -0.39 is 117 Å². The van der Waals surface area contributed by atoms with Crippen LogP contribution in [-0.2, 0) is 70.8 Å². The molecule has 0 bridgehead atoms. The first-order valence-corrected chi connectivity index (χ1v) is 43.3. The van der Waals surface area contributed by atoms with Crippen molar-refractivity contribution in [2.45, 2.75) is 154 Å². The number of aromatic hydroxyl groups is 4. The van der Waals surface area contributed by atoms with Crippen LogP contribution in [0.1, 0.15) is 137 Å². The number of rotatable bonds is 12. The Kier molecular flexibility index (Phi) is 23.9. The number of carbonyl (C=O) groups excluding carboxylic acids is 4. The number of thiazole rings is 2. The third-order valence-corrected chi connectivity index (χ3v) is 26.9. The molecule has 0 spiro atoms. The summed E-state index contributed by atoms with van der Waals surface area (Å²) in [6.45, 7) is 11.0. The number of fused-ring (bicyclic) bond motifs is 8. The summed E-state index contributed by atoms with van der Waals surface area (Å²) in [5.74, 6) is -7.43. The van der Waals surface area contributed by atoms with E-state index >= 15 is 0 Å². The van der Waals surface area contributed by atoms with E-state index in [0.717, 1.165) is 45.5 Å². The van der Waals surface area contributed by atoms with E-state index in [1.165, 1.54) is 110 Å². The van der Waals surface area contributed by atoms with E-state index in [1.807, 2.05) is 27.7 Å². The second kappa shape index (κ2) is 35.2. The largest absolute Gasteiger partial charge is 0.503 e. The van der Waals surface area contributed by atoms with Crippen molar-refractivity contribution >= 4 is 69.0 Å². The highest BCUT2D eigenvalue weighted by atomic mass is 32.1. The molecular weight excluding hydrogens is 1730 g/mol. The SMILES string of the molecule is C[C@@H]1CCO[C@H]2Cn3cc(-c4ncc(Cc5ccc(F)cc5)s4)c(=O)c(O)c3C(=O)N12.C[C@@H]1CCO[C@H]2Cn3cc(-c4ncc(Cc5ccc(F)cc5F)s4)c(=O)c(O)c3C(=O)N12.C[C@@H]1CCO[C@H]2Cn3cc(-c4nnc(Cc5ccc(F)cc5)s4)c(=O)c(O)c3C(=O)N12.C[C@@H]1CCO[C@H]2Cn3cc(-c4nnc(Cc5ccc(F)cc5F)s4)c(=O)c(O)c3C(=O)N12. The molecule has 0 saturated carbocycles. The Bertz CT molecular complexity index is 6190. The van der Waals surface area contributed by atoms with Gasteiger partial charge in [0.2, 0.25) is 21.7 Å². The van der Waals surface area contributed by atoms with Crippen LogP contribution in [0.4, 0.5) is 26.3 Å². The van der Waals surface area contributed by atoms with Crippen LogP contribution in [-0.4, -0.2) is 188 Å². The predicted molar refractivity (Wildman–Crippen MR) is 446 cm³/mol. The standard InChI is InChI=1S/C22H19F2N3O4S.C22H20FN3O4S.C21H18F2N4O4S.C21H19FN4O4S/c1-11-4-5-31-17-10-26-9-15(19(28)20(29)18(26)22(30)27(11)17)21-25-8-14(32-21)6-12-2-3-13(23)7-16(12)24;1-12-6-7-30-17-11-25-10-16(19(27)20(28)18(25)22(29)26(12)17)21-24-9-15(31-21)8-13-2-4-14(23)5-3-13;1-10-4-5-31-16-9-26-8-13(18(28)19(29)17(26)21(30)27(10)16)20-25-24-15(32-20)6-11-2-3-12(22)7-14(11)23;1-11-6-7-30-16-10-25-9-14(18(27)19(28)17(25)21(29)26(11)16)20-24-23-15(31-20)8-12-2-4-13(22)5-3-12/h2-3,7-9,11,17,29H,4-6,10H2,1H3;2-5,9-10,12,17,28H,6-8,11H2,1H3;2-3,7-8,10,16,29H,4-6,9H2,1H3;2-5,9,11,16,28H,6-8,10H2,1H3/t11-,17+;12-,17+;10-,16+;11-,16+/m1111/s1. The Morgan fingerprint density at radius 3 is 0.984 bits per heavy atom. The third-order valence-electron chi connectivity index (χ3n) is 23.0. The van der Waals surface area contributed by atoms with Gasteiger partial charge in [-0.1, -0.05) is 59.1 Å². The number of ether oxygens (including phenoxy) is 4. The maximum atomic E-state index is 14.0. The number of amides is 4. The van der Waals surface area contributed by atoms with Crippen molar-refractivity contribution < 1.29 is 84.9 Å². The van der Waals surface area contributed by atoms with Crippen LogP contribution in [0.15, 0.2) is 141 Å². The molecule has 8 aliphatic heterocycles. The van der Waals surface area contributed by atoms with Gasteiger partial charge in [0.05, 0.1) is 74.9 Å². The number of halogens is 6. The van der Waals surface area contributed by atoms with Gasteiger partial charge in [-0.15, -0.1) is 43.1 Å². The molecule has 126 heavy (non-hydrogen) atoms. The average molecular weight is 1800 g/mol. The third kappa shape index (κ3) is 16.7. The second-order valence-electron chi connectivity index (χ2n) is 31.3. The molecule has 0 unspecified atom stereocenters. The van der Waals surface area contributed by atoms with Gasteiger partial charge in [0, 0.05) is 109 Å². The minimum Gasteiger partial charge on any atom is -0.503 e. The molecule has 0 aliphatic carbocycles. The first-order chi connectivity index (χ1) is 60.5. The fourth-order valence-electron chi connectivity index (χ4n) is 16.4. The maximum absolute atomic E-state index is 14.0. The number of pyridine rings is 4. The molecule has 8 aromatic heterocycles. The minimum absolute atomic E-state index is 0.00885. The van der Waals surface area contributed by atoms with Gasteiger partial charge in [0.1, 0.15) is 54.9 Å². The highest BCUT2D eigenvalue weighted by Crippen LogP contribution is 2.39. The number of hydrogen-bond acceptors (Lipinski definition) is 26. The normalized spacial score (nSPS) is 20.3. The van der Waals surface area contributed by atoms with Gasteiger partial charge in [-0.05, 0) is 112 Å². The zero-order valence-electron chi connectivity index (χ0n) is 67.3. The summed E-state index contributed by atoms with van der Waals surface area (Å²) in [7, 11) is 0. The molecule has 40 heteroatoms. The topological polar surface area (TPSA) is 364 Å². The Labute approximate surface area is 726 Å². The van der Waals surface area contributed by atoms with Crippen molar-refractivity contribution in [3.05, 3.63) is 263 Å². The molecular formula is C86H76F6N14O16S4. The van der Waals surface area contributed by atoms with Gasteiger partial charge >= 0.3 is 0 Å². The molecule has 8 aliphatic rings. The Balaban J connectivity index is 0.000000119. The van der Waals surface area contributed by atoms with Crippen molar-refractivity contribution in [1.29, 1.82) is 0 Å². The van der Waals surface area contributed by atoms with Crippen LogP contribution in [0.25, 0.3) is 42.3 Å². The summed E-state index contributed by atoms with van der Waals surface area (Å²) in [6.07, 6.45) is 11.5. The number of aromatic nitrogens is 10. The maximum Gasteiger partial charge on any atom is 0.276 e. The van der Waals surface area contributed by atoms with Gasteiger partial charge in [-0.2, -0.15) is 0 Å². The van der Waals surface area contributed by atoms with Gasteiger partial charge in [0.25, 0.3) is 23.6 Å². The first kappa shape index (κ1) is 85.7. The van der Waals surface area contributed by atoms with E-state index in [9.17, 15) is 85.1 Å². The number of hydrogen-bond donors (Lipinski definition) is 4. The van der Waals surface area contributed by atoms with Gasteiger partial charge < -0.3 is 77.2 Å². The highest BCUT2D eigenvalue weighted by Gasteiger charge is 2.46. The molecule has 652 valence electrons. The minimum atomic E-state index is -0.732. The number of nitrogens with zero attached hydrogens (tertiary/aromatic N) is 14. The van der Waals surface area contributed by atoms with Crippen LogP contribution in [0.2, 0.25) is 0 Å². The zero-order valence-corrected chi connectivity index (χ0v) is 70.6. The molecule has 4 amide bonds. The molecule has 12 aromatic rings. The van der Waals surface area contributed by atoms with Gasteiger partial charge in [-0.25, -0.2) is 36.3 Å². The Morgan fingerprint density at radius 1 is 0.357 bits per heavy atom. The van der Waals surface area contributed by atoms with E-state index in [0.29, 0.717) is 114 Å². The van der Waals surface area contributed by atoms with E-state index in [-0.39, 0.29) is 117 Å². The Hall–Kier alpha value is -12.4. The quantitative estimate of drug-likeness (QED) is 0.0825. The van der Waals surface area contributed by atoms with Crippen LogP contribution >= 0.6 is 45.3 Å². The lowest BCUT2D eigenvalue weighted by Crippen LogP contribution is -2.56. The summed E-state index contributed by atoms with van der Waals surface area (Å²) >= 11 is 4.77. The summed E-state index contributed by atoms with van der Waals surface area (Å²) < 4.78 is 110. The molecule has 4 N–H and O–H groups in total. The van der Waals surface area contributed by atoms with Crippen molar-refractivity contribution in [2.24, 2.45) is 0 Å². The summed E-state index contributed by atoms with van der Waals surface area (Å²) in [5, 5.41) is 61.1. The lowest BCUT2D eigenvalue weighted by Gasteiger charge is -2.44. The molecule has 4 fully saturated rings. The van der Waals surface area contributed by atoms with Crippen LogP contribution in [0.3, 0.4) is 0 Å². The van der Waals surface area contributed by atoms with Crippen molar-refractivity contribution in [2.75, 3.05) is 26.4 Å². The van der Waals surface area contributed by atoms with Crippen molar-refractivity contribution in [3.8, 4) is 65.3 Å². The van der Waals surface area contributed by atoms with Gasteiger partial charge in [0.15, 0.2) is 80.7 Å². The van der Waals surface area contributed by atoms with Gasteiger partial charge in [-0.3, -0.25) is 38.4 Å². The molecule has 0 radical (unpaired) electrons. The number of benzene rings is 4. The molecule has 4 aromatic carbocycles. The average Bonchev–Trinajstić information content (AvgIpc) is 0.989. The number of carbonyl (C=O) groups is 4. The Morgan fingerprint density at radius 2 is 0.651 bits per heavy atom. The summed E-state index contributed by atoms with van der Waals surface area (Å²) in [4.78, 5) is 120. The molecule has 20 rings (SSSR count). The van der Waals surface area contributed by atoms with E-state index in [2.05, 4.69) is 30.4 Å². The fraction of sp³-hybridized carbons (Fsp3) is 0.326.